The average Bonchev–Trinajstić information content (AvgIpc) is 2.16. The predicted molar refractivity (Wildman–Crippen MR) is 70.5 cm³/mol. The highest BCUT2D eigenvalue weighted by atomic mass is 16.6. The number of nitrogens with zero attached hydrogens (tertiary/aromatic N) is 2. The van der Waals surface area contributed by atoms with Crippen LogP contribution >= 0.6 is 0 Å². The highest BCUT2D eigenvalue weighted by molar-refractivity contribution is 5.69. The van der Waals surface area contributed by atoms with E-state index >= 15 is 0 Å². The summed E-state index contributed by atoms with van der Waals surface area (Å²) in [5.41, 5.74) is -0.417. The van der Waals surface area contributed by atoms with Gasteiger partial charge in [-0.2, -0.15) is 0 Å². The smallest absolute Gasteiger partial charge is 0.410 e. The molecule has 1 aliphatic heterocycles. The predicted octanol–water partition coefficient (Wildman–Crippen LogP) is 1.17. The van der Waals surface area contributed by atoms with Crippen LogP contribution in [-0.2, 0) is 4.74 Å². The zero-order valence-corrected chi connectivity index (χ0v) is 12.0. The number of aliphatic hydroxyl groups is 1. The normalized spacial score (nSPS) is 16.9. The summed E-state index contributed by atoms with van der Waals surface area (Å²) in [6, 6.07) is 0. The lowest BCUT2D eigenvalue weighted by molar-refractivity contribution is -0.00531. The van der Waals surface area contributed by atoms with Crippen molar-refractivity contribution >= 4 is 6.09 Å². The van der Waals surface area contributed by atoms with Crippen molar-refractivity contribution < 1.29 is 14.6 Å². The molecule has 0 aromatic rings. The highest BCUT2D eigenvalue weighted by Gasteiger charge is 2.33. The third-order valence-corrected chi connectivity index (χ3v) is 2.88. The Bertz CT molecular complexity index is 270. The molecule has 0 spiro atoms. The molecule has 0 bridgehead atoms. The van der Waals surface area contributed by atoms with Gasteiger partial charge in [0.2, 0.25) is 0 Å². The van der Waals surface area contributed by atoms with E-state index in [2.05, 4.69) is 4.90 Å². The second-order valence-corrected chi connectivity index (χ2v) is 6.09. The number of hydrogen-bond acceptors (Lipinski definition) is 4. The minimum Gasteiger partial charge on any atom is -0.444 e. The fourth-order valence-corrected chi connectivity index (χ4v) is 2.03. The number of carbonyl (C=O) groups excluding carboxylic acids is 1. The van der Waals surface area contributed by atoms with E-state index in [0.717, 1.165) is 32.6 Å². The lowest BCUT2D eigenvalue weighted by Crippen LogP contribution is -2.54. The van der Waals surface area contributed by atoms with Crippen LogP contribution in [-0.4, -0.2) is 66.4 Å². The van der Waals surface area contributed by atoms with Gasteiger partial charge in [0.1, 0.15) is 5.60 Å². The zero-order valence-electron chi connectivity index (χ0n) is 12.0. The molecule has 0 aromatic carbocycles. The number of amides is 1. The van der Waals surface area contributed by atoms with Crippen LogP contribution in [0.1, 0.15) is 27.2 Å². The fraction of sp³-hybridized carbons (Fsp3) is 0.923. The summed E-state index contributed by atoms with van der Waals surface area (Å²) in [4.78, 5) is 15.6. The summed E-state index contributed by atoms with van der Waals surface area (Å²) in [6.45, 7) is 9.30. The Morgan fingerprint density at radius 1 is 1.44 bits per heavy atom. The molecule has 1 rings (SSSR count). The van der Waals surface area contributed by atoms with Gasteiger partial charge in [0, 0.05) is 38.7 Å². The average molecular weight is 258 g/mol. The lowest BCUT2D eigenvalue weighted by Gasteiger charge is -2.41. The topological polar surface area (TPSA) is 53.0 Å². The maximum Gasteiger partial charge on any atom is 0.410 e. The van der Waals surface area contributed by atoms with Gasteiger partial charge in [-0.25, -0.2) is 4.79 Å². The SMILES string of the molecule is CN(CCCO)CC1CN(C(=O)OC(C)(C)C)C1. The van der Waals surface area contributed by atoms with Gasteiger partial charge in [0.25, 0.3) is 0 Å². The van der Waals surface area contributed by atoms with Crippen LogP contribution in [0.3, 0.4) is 0 Å². The first-order valence-corrected chi connectivity index (χ1v) is 6.59. The highest BCUT2D eigenvalue weighted by Crippen LogP contribution is 2.20. The Kier molecular flexibility index (Phi) is 5.41. The van der Waals surface area contributed by atoms with Crippen molar-refractivity contribution in [3.8, 4) is 0 Å². The molecular formula is C13H26N2O3. The summed E-state index contributed by atoms with van der Waals surface area (Å²) in [5, 5.41) is 8.75. The molecule has 0 saturated carbocycles. The molecule has 0 aliphatic carbocycles. The van der Waals surface area contributed by atoms with Crippen molar-refractivity contribution in [2.75, 3.05) is 39.8 Å². The van der Waals surface area contributed by atoms with Crippen LogP contribution in [0.25, 0.3) is 0 Å². The van der Waals surface area contributed by atoms with Gasteiger partial charge in [-0.3, -0.25) is 0 Å². The third kappa shape index (κ3) is 5.23. The minimum atomic E-state index is -0.417. The molecule has 1 aliphatic rings. The molecule has 1 N–H and O–H groups in total. The first kappa shape index (κ1) is 15.2. The van der Waals surface area contributed by atoms with Gasteiger partial charge >= 0.3 is 6.09 Å². The number of carbonyl (C=O) groups is 1. The van der Waals surface area contributed by atoms with Crippen molar-refractivity contribution in [1.29, 1.82) is 0 Å². The van der Waals surface area contributed by atoms with Crippen LogP contribution in [0, 0.1) is 5.92 Å². The molecule has 106 valence electrons. The summed E-state index contributed by atoms with van der Waals surface area (Å²) in [7, 11) is 2.05. The zero-order chi connectivity index (χ0) is 13.8. The van der Waals surface area contributed by atoms with Crippen molar-refractivity contribution in [3.05, 3.63) is 0 Å². The summed E-state index contributed by atoms with van der Waals surface area (Å²) >= 11 is 0. The van der Waals surface area contributed by atoms with Crippen LogP contribution in [0.2, 0.25) is 0 Å². The van der Waals surface area contributed by atoms with Gasteiger partial charge in [-0.15, -0.1) is 0 Å². The van der Waals surface area contributed by atoms with E-state index in [1.165, 1.54) is 0 Å². The first-order valence-electron chi connectivity index (χ1n) is 6.59. The molecule has 0 unspecified atom stereocenters. The Morgan fingerprint density at radius 2 is 2.06 bits per heavy atom. The standard InChI is InChI=1S/C13H26N2O3/c1-13(2,3)18-12(17)15-9-11(10-15)8-14(4)6-5-7-16/h11,16H,5-10H2,1-4H3. The van der Waals surface area contributed by atoms with E-state index in [0.29, 0.717) is 5.92 Å². The van der Waals surface area contributed by atoms with Gasteiger partial charge in [0.05, 0.1) is 0 Å². The van der Waals surface area contributed by atoms with E-state index in [4.69, 9.17) is 9.84 Å². The van der Waals surface area contributed by atoms with Gasteiger partial charge in [-0.1, -0.05) is 0 Å². The first-order chi connectivity index (χ1) is 8.31. The molecule has 1 amide bonds. The Morgan fingerprint density at radius 3 is 2.56 bits per heavy atom. The van der Waals surface area contributed by atoms with E-state index in [1.807, 2.05) is 27.8 Å². The monoisotopic (exact) mass is 258 g/mol. The number of aliphatic hydroxyl groups excluding tert-OH is 1. The van der Waals surface area contributed by atoms with Gasteiger partial charge in [0.15, 0.2) is 0 Å². The molecule has 1 fully saturated rings. The van der Waals surface area contributed by atoms with Crippen molar-refractivity contribution in [2.24, 2.45) is 5.92 Å². The molecule has 5 nitrogen and oxygen atoms in total. The number of hydrogen-bond donors (Lipinski definition) is 1. The molecule has 0 radical (unpaired) electrons. The molecule has 0 atom stereocenters. The quantitative estimate of drug-likeness (QED) is 0.804. The largest absolute Gasteiger partial charge is 0.444 e. The molecule has 0 aromatic heterocycles. The number of ether oxygens (including phenoxy) is 1. The van der Waals surface area contributed by atoms with Crippen LogP contribution in [0.15, 0.2) is 0 Å². The Labute approximate surface area is 110 Å². The maximum atomic E-state index is 11.7. The number of rotatable bonds is 5. The van der Waals surface area contributed by atoms with Crippen molar-refractivity contribution in [1.82, 2.24) is 9.80 Å². The van der Waals surface area contributed by atoms with E-state index < -0.39 is 5.60 Å². The molecule has 1 saturated heterocycles. The van der Waals surface area contributed by atoms with Crippen LogP contribution in [0.4, 0.5) is 4.79 Å². The van der Waals surface area contributed by atoms with Crippen LogP contribution < -0.4 is 0 Å². The summed E-state index contributed by atoms with van der Waals surface area (Å²) < 4.78 is 5.30. The molecular weight excluding hydrogens is 232 g/mol. The van der Waals surface area contributed by atoms with E-state index in [-0.39, 0.29) is 12.7 Å². The van der Waals surface area contributed by atoms with Crippen LogP contribution in [0.5, 0.6) is 0 Å². The second kappa shape index (κ2) is 6.38. The minimum absolute atomic E-state index is 0.211. The fourth-order valence-electron chi connectivity index (χ4n) is 2.03. The summed E-state index contributed by atoms with van der Waals surface area (Å²) in [5.74, 6) is 0.529. The molecule has 5 heteroatoms. The molecule has 18 heavy (non-hydrogen) atoms. The second-order valence-electron chi connectivity index (χ2n) is 6.09. The Balaban J connectivity index is 2.17. The van der Waals surface area contributed by atoms with Crippen molar-refractivity contribution in [2.45, 2.75) is 32.8 Å². The summed E-state index contributed by atoms with van der Waals surface area (Å²) in [6.07, 6.45) is 0.593. The number of likely N-dealkylation sites (tertiary alicyclic amines) is 1. The van der Waals surface area contributed by atoms with Gasteiger partial charge in [-0.05, 0) is 34.2 Å². The van der Waals surface area contributed by atoms with Gasteiger partial charge < -0.3 is 19.6 Å². The van der Waals surface area contributed by atoms with Crippen molar-refractivity contribution in [3.63, 3.8) is 0 Å². The Hall–Kier alpha value is -0.810. The van der Waals surface area contributed by atoms with E-state index in [1.54, 1.807) is 4.90 Å². The third-order valence-electron chi connectivity index (χ3n) is 2.88. The molecule has 1 heterocycles. The van der Waals surface area contributed by atoms with E-state index in [9.17, 15) is 4.79 Å². The maximum absolute atomic E-state index is 11.7. The lowest BCUT2D eigenvalue weighted by atomic mass is 10.0.